The SMILES string of the molecule is N[C@@]1(C(=O)O)CO[C@@H]2[C@@H](C(=O)O)[C@@H]21. The zero-order valence-corrected chi connectivity index (χ0v) is 6.64. The highest BCUT2D eigenvalue weighted by molar-refractivity contribution is 5.85. The Hall–Kier alpha value is -1.14. The predicted octanol–water partition coefficient (Wildman–Crippen LogP) is -1.50. The zero-order valence-electron chi connectivity index (χ0n) is 6.64. The molecule has 1 heterocycles. The van der Waals surface area contributed by atoms with Crippen LogP contribution in [0.1, 0.15) is 0 Å². The topological polar surface area (TPSA) is 110 Å². The lowest BCUT2D eigenvalue weighted by molar-refractivity contribution is -0.147. The monoisotopic (exact) mass is 187 g/mol. The smallest absolute Gasteiger partial charge is 0.326 e. The predicted molar refractivity (Wildman–Crippen MR) is 38.9 cm³/mol. The lowest BCUT2D eigenvalue weighted by atomic mass is 9.95. The Kier molecular flexibility index (Phi) is 1.44. The molecule has 0 bridgehead atoms. The highest BCUT2D eigenvalue weighted by Gasteiger charge is 2.72. The third kappa shape index (κ3) is 0.895. The minimum absolute atomic E-state index is 0.0958. The van der Waals surface area contributed by atoms with Crippen molar-refractivity contribution in [3.63, 3.8) is 0 Å². The van der Waals surface area contributed by atoms with Gasteiger partial charge in [0.25, 0.3) is 0 Å². The number of carboxylic acid groups (broad SMARTS) is 2. The van der Waals surface area contributed by atoms with E-state index in [1.54, 1.807) is 0 Å². The number of aliphatic carboxylic acids is 2. The molecular weight excluding hydrogens is 178 g/mol. The van der Waals surface area contributed by atoms with E-state index in [4.69, 9.17) is 20.7 Å². The van der Waals surface area contributed by atoms with Gasteiger partial charge in [0, 0.05) is 5.92 Å². The molecule has 1 aliphatic heterocycles. The molecule has 2 rings (SSSR count). The molecule has 0 unspecified atom stereocenters. The van der Waals surface area contributed by atoms with Crippen LogP contribution in [0.3, 0.4) is 0 Å². The van der Waals surface area contributed by atoms with Crippen molar-refractivity contribution in [1.29, 1.82) is 0 Å². The van der Waals surface area contributed by atoms with Gasteiger partial charge in [0.1, 0.15) is 5.54 Å². The normalized spacial score (nSPS) is 47.0. The Morgan fingerprint density at radius 1 is 1.46 bits per heavy atom. The third-order valence-corrected chi connectivity index (χ3v) is 2.75. The van der Waals surface area contributed by atoms with Gasteiger partial charge in [0.15, 0.2) is 0 Å². The fourth-order valence-corrected chi connectivity index (χ4v) is 1.93. The molecule has 4 atom stereocenters. The molecule has 1 aliphatic carbocycles. The van der Waals surface area contributed by atoms with Crippen LogP contribution in [0.4, 0.5) is 0 Å². The molecule has 0 aromatic rings. The molecule has 2 aliphatic rings. The van der Waals surface area contributed by atoms with E-state index in [0.717, 1.165) is 0 Å². The van der Waals surface area contributed by atoms with Crippen LogP contribution in [-0.2, 0) is 14.3 Å². The first-order valence-corrected chi connectivity index (χ1v) is 3.85. The number of carboxylic acids is 2. The van der Waals surface area contributed by atoms with E-state index in [2.05, 4.69) is 0 Å². The summed E-state index contributed by atoms with van der Waals surface area (Å²) in [4.78, 5) is 21.3. The lowest BCUT2D eigenvalue weighted by Gasteiger charge is -2.19. The van der Waals surface area contributed by atoms with Gasteiger partial charge in [-0.3, -0.25) is 9.59 Å². The summed E-state index contributed by atoms with van der Waals surface area (Å²) in [5.41, 5.74) is 4.02. The Morgan fingerprint density at radius 2 is 2.08 bits per heavy atom. The quantitative estimate of drug-likeness (QED) is 0.485. The zero-order chi connectivity index (χ0) is 9.80. The van der Waals surface area contributed by atoms with E-state index >= 15 is 0 Å². The maximum atomic E-state index is 10.7. The maximum absolute atomic E-state index is 10.7. The average Bonchev–Trinajstić information content (AvgIpc) is 2.66. The van der Waals surface area contributed by atoms with Crippen molar-refractivity contribution in [1.82, 2.24) is 0 Å². The Labute approximate surface area is 73.3 Å². The van der Waals surface area contributed by atoms with E-state index in [-0.39, 0.29) is 6.61 Å². The second kappa shape index (κ2) is 2.21. The standard InChI is InChI=1S/C7H9NO5/c8-7(6(11)12)1-13-4-2(3(4)7)5(9)10/h2-4H,1,8H2,(H,9,10)(H,11,12)/t2-,3-,4+,7-/m0/s1. The number of nitrogens with two attached hydrogens (primary N) is 1. The number of ether oxygens (including phenoxy) is 1. The first kappa shape index (κ1) is 8.46. The van der Waals surface area contributed by atoms with Crippen molar-refractivity contribution >= 4 is 11.9 Å². The molecule has 0 radical (unpaired) electrons. The van der Waals surface area contributed by atoms with Gasteiger partial charge in [-0.15, -0.1) is 0 Å². The van der Waals surface area contributed by atoms with Crippen molar-refractivity contribution in [3.05, 3.63) is 0 Å². The first-order chi connectivity index (χ1) is 5.98. The van der Waals surface area contributed by atoms with Gasteiger partial charge in [0.2, 0.25) is 0 Å². The van der Waals surface area contributed by atoms with Crippen LogP contribution >= 0.6 is 0 Å². The van der Waals surface area contributed by atoms with Gasteiger partial charge in [0.05, 0.1) is 18.6 Å². The molecule has 0 spiro atoms. The van der Waals surface area contributed by atoms with Crippen molar-refractivity contribution in [2.45, 2.75) is 11.6 Å². The summed E-state index contributed by atoms with van der Waals surface area (Å²) in [6.07, 6.45) is -0.501. The second-order valence-corrected chi connectivity index (χ2v) is 3.51. The molecule has 0 aromatic heterocycles. The van der Waals surface area contributed by atoms with Crippen LogP contribution in [0.2, 0.25) is 0 Å². The van der Waals surface area contributed by atoms with E-state index in [9.17, 15) is 9.59 Å². The summed E-state index contributed by atoms with van der Waals surface area (Å²) in [6, 6.07) is 0. The van der Waals surface area contributed by atoms with Gasteiger partial charge in [-0.05, 0) is 0 Å². The second-order valence-electron chi connectivity index (χ2n) is 3.51. The molecule has 0 amide bonds. The highest BCUT2D eigenvalue weighted by atomic mass is 16.5. The summed E-state index contributed by atoms with van der Waals surface area (Å²) in [7, 11) is 0. The molecule has 2 fully saturated rings. The third-order valence-electron chi connectivity index (χ3n) is 2.75. The van der Waals surface area contributed by atoms with Gasteiger partial charge in [-0.2, -0.15) is 0 Å². The van der Waals surface area contributed by atoms with Gasteiger partial charge < -0.3 is 20.7 Å². The Morgan fingerprint density at radius 3 is 2.46 bits per heavy atom. The lowest BCUT2D eigenvalue weighted by Crippen LogP contribution is -2.52. The van der Waals surface area contributed by atoms with Crippen molar-refractivity contribution in [2.75, 3.05) is 6.61 Å². The minimum atomic E-state index is -1.51. The number of fused-ring (bicyclic) bond motifs is 1. The molecule has 1 saturated heterocycles. The van der Waals surface area contributed by atoms with Crippen LogP contribution in [0.15, 0.2) is 0 Å². The minimum Gasteiger partial charge on any atom is -0.481 e. The van der Waals surface area contributed by atoms with Crippen LogP contribution in [0.5, 0.6) is 0 Å². The number of hydrogen-bond donors (Lipinski definition) is 3. The largest absolute Gasteiger partial charge is 0.481 e. The van der Waals surface area contributed by atoms with Gasteiger partial charge in [-0.25, -0.2) is 0 Å². The summed E-state index contributed by atoms with van der Waals surface area (Å²) in [6.45, 7) is -0.0958. The van der Waals surface area contributed by atoms with Crippen LogP contribution < -0.4 is 5.73 Å². The summed E-state index contributed by atoms with van der Waals surface area (Å²) in [5, 5.41) is 17.4. The Bertz CT molecular complexity index is 291. The number of rotatable bonds is 2. The average molecular weight is 187 g/mol. The van der Waals surface area contributed by atoms with Crippen molar-refractivity contribution in [2.24, 2.45) is 17.6 Å². The van der Waals surface area contributed by atoms with E-state index in [0.29, 0.717) is 0 Å². The molecule has 6 nitrogen and oxygen atoms in total. The molecule has 13 heavy (non-hydrogen) atoms. The maximum Gasteiger partial charge on any atom is 0.326 e. The van der Waals surface area contributed by atoms with Crippen LogP contribution in [-0.4, -0.2) is 40.4 Å². The van der Waals surface area contributed by atoms with Gasteiger partial charge >= 0.3 is 11.9 Å². The van der Waals surface area contributed by atoms with Crippen molar-refractivity contribution < 1.29 is 24.5 Å². The van der Waals surface area contributed by atoms with Crippen molar-refractivity contribution in [3.8, 4) is 0 Å². The fourth-order valence-electron chi connectivity index (χ4n) is 1.93. The highest BCUT2D eigenvalue weighted by Crippen LogP contribution is 2.53. The van der Waals surface area contributed by atoms with E-state index in [1.807, 2.05) is 0 Å². The van der Waals surface area contributed by atoms with E-state index in [1.165, 1.54) is 0 Å². The molecule has 1 saturated carbocycles. The van der Waals surface area contributed by atoms with Crippen LogP contribution in [0, 0.1) is 11.8 Å². The first-order valence-electron chi connectivity index (χ1n) is 3.85. The van der Waals surface area contributed by atoms with Crippen LogP contribution in [0.25, 0.3) is 0 Å². The number of carbonyl (C=O) groups is 2. The Balaban J connectivity index is 2.20. The molecular formula is C7H9NO5. The summed E-state index contributed by atoms with van der Waals surface area (Å²) in [5.74, 6) is -3.54. The fraction of sp³-hybridized carbons (Fsp3) is 0.714. The van der Waals surface area contributed by atoms with E-state index < -0.39 is 35.4 Å². The number of hydrogen-bond acceptors (Lipinski definition) is 4. The molecule has 4 N–H and O–H groups in total. The molecule has 0 aromatic carbocycles. The summed E-state index contributed by atoms with van der Waals surface area (Å²) < 4.78 is 4.99. The van der Waals surface area contributed by atoms with Gasteiger partial charge in [-0.1, -0.05) is 0 Å². The molecule has 6 heteroatoms. The molecule has 72 valence electrons. The summed E-state index contributed by atoms with van der Waals surface area (Å²) >= 11 is 0.